The van der Waals surface area contributed by atoms with Crippen molar-refractivity contribution in [2.24, 2.45) is 5.73 Å². The van der Waals surface area contributed by atoms with Crippen LogP contribution in [0, 0.1) is 25.6 Å². The minimum absolute atomic E-state index is 0.132. The van der Waals surface area contributed by atoms with Gasteiger partial charge in [0.2, 0.25) is 0 Å². The van der Waals surface area contributed by atoms with Crippen molar-refractivity contribution < 1.29 is 9.85 Å². The Balaban J connectivity index is 4.06. The van der Waals surface area contributed by atoms with Gasteiger partial charge in [0.25, 0.3) is 0 Å². The molecule has 0 aromatic heterocycles. The third-order valence-electron chi connectivity index (χ3n) is 1.16. The molecule has 3 N–H and O–H groups in total. The number of nitro groups is 2. The molecule has 0 aliphatic heterocycles. The highest BCUT2D eigenvalue weighted by Crippen LogP contribution is 2.01. The number of hydrogen-bond acceptors (Lipinski definition) is 5. The van der Waals surface area contributed by atoms with E-state index in [4.69, 9.17) is 11.1 Å². The van der Waals surface area contributed by atoms with Crippen LogP contribution in [0.3, 0.4) is 0 Å². The first-order chi connectivity index (χ1) is 5.45. The molecule has 0 saturated carbocycles. The molecule has 12 heavy (non-hydrogen) atoms. The second-order valence-corrected chi connectivity index (χ2v) is 2.12. The maximum absolute atomic E-state index is 10.0. The second-order valence-electron chi connectivity index (χ2n) is 2.12. The summed E-state index contributed by atoms with van der Waals surface area (Å²) in [6.45, 7) is 0. The minimum atomic E-state index is -1.85. The van der Waals surface area contributed by atoms with Gasteiger partial charge in [-0.15, -0.1) is 0 Å². The highest BCUT2D eigenvalue weighted by Gasteiger charge is 2.31. The van der Waals surface area contributed by atoms with E-state index < -0.39 is 16.0 Å². The maximum atomic E-state index is 10.0. The maximum Gasteiger partial charge on any atom is 0.451 e. The lowest BCUT2D eigenvalue weighted by molar-refractivity contribution is -0.742. The molecular formula is C4H8N4O4. The van der Waals surface area contributed by atoms with Crippen molar-refractivity contribution in [3.05, 3.63) is 20.2 Å². The highest BCUT2D eigenvalue weighted by atomic mass is 16.7. The van der Waals surface area contributed by atoms with Gasteiger partial charge in [-0.05, 0) is 0 Å². The topological polar surface area (TPSA) is 136 Å². The SMILES string of the molecule is N=C(N)CCC([N+](=O)[O-])[N+](=O)[O-]. The lowest BCUT2D eigenvalue weighted by atomic mass is 10.2. The molecule has 0 bridgehead atoms. The van der Waals surface area contributed by atoms with Crippen molar-refractivity contribution in [2.75, 3.05) is 0 Å². The molecule has 0 atom stereocenters. The van der Waals surface area contributed by atoms with Crippen LogP contribution in [0.4, 0.5) is 0 Å². The monoisotopic (exact) mass is 176 g/mol. The van der Waals surface area contributed by atoms with Crippen LogP contribution in [0.25, 0.3) is 0 Å². The number of nitrogens with zero attached hydrogens (tertiary/aromatic N) is 2. The Labute approximate surface area is 67.2 Å². The summed E-state index contributed by atoms with van der Waals surface area (Å²) in [6.07, 6.45) is -2.32. The average molecular weight is 176 g/mol. The predicted octanol–water partition coefficient (Wildman–Crippen LogP) is -0.418. The molecule has 0 aromatic carbocycles. The van der Waals surface area contributed by atoms with Crippen molar-refractivity contribution in [3.63, 3.8) is 0 Å². The van der Waals surface area contributed by atoms with E-state index in [0.717, 1.165) is 0 Å². The zero-order chi connectivity index (χ0) is 9.72. The lowest BCUT2D eigenvalue weighted by Crippen LogP contribution is -2.30. The summed E-state index contributed by atoms with van der Waals surface area (Å²) >= 11 is 0. The molecule has 0 aliphatic rings. The van der Waals surface area contributed by atoms with Crippen LogP contribution in [0.1, 0.15) is 12.8 Å². The van der Waals surface area contributed by atoms with Crippen molar-refractivity contribution in [1.82, 2.24) is 0 Å². The molecule has 0 spiro atoms. The van der Waals surface area contributed by atoms with E-state index in [1.807, 2.05) is 0 Å². The quantitative estimate of drug-likeness (QED) is 0.193. The summed E-state index contributed by atoms with van der Waals surface area (Å²) in [6, 6.07) is 0. The molecule has 0 heterocycles. The zero-order valence-corrected chi connectivity index (χ0v) is 6.10. The van der Waals surface area contributed by atoms with Crippen LogP contribution in [0.15, 0.2) is 0 Å². The average Bonchev–Trinajstić information content (AvgIpc) is 1.84. The molecule has 0 radical (unpaired) electrons. The van der Waals surface area contributed by atoms with Gasteiger partial charge < -0.3 is 5.73 Å². The Kier molecular flexibility index (Phi) is 3.60. The largest absolute Gasteiger partial charge is 0.451 e. The first-order valence-corrected chi connectivity index (χ1v) is 3.05. The number of amidine groups is 1. The van der Waals surface area contributed by atoms with E-state index in [1.54, 1.807) is 0 Å². The minimum Gasteiger partial charge on any atom is -0.388 e. The summed E-state index contributed by atoms with van der Waals surface area (Å²) in [5, 5.41) is 26.7. The number of rotatable bonds is 5. The second kappa shape index (κ2) is 4.21. The zero-order valence-electron chi connectivity index (χ0n) is 6.10. The third kappa shape index (κ3) is 3.44. The molecule has 0 rings (SSSR count). The first kappa shape index (κ1) is 10.3. The van der Waals surface area contributed by atoms with Crippen molar-refractivity contribution in [3.8, 4) is 0 Å². The van der Waals surface area contributed by atoms with Crippen LogP contribution in [-0.4, -0.2) is 21.8 Å². The number of hydrogen-bond donors (Lipinski definition) is 2. The van der Waals surface area contributed by atoms with Crippen LogP contribution < -0.4 is 5.73 Å². The number of nitrogens with one attached hydrogen (secondary N) is 1. The molecule has 68 valence electrons. The molecule has 8 nitrogen and oxygen atoms in total. The molecule has 0 unspecified atom stereocenters. The van der Waals surface area contributed by atoms with E-state index in [1.165, 1.54) is 0 Å². The molecule has 0 aliphatic carbocycles. The lowest BCUT2D eigenvalue weighted by Gasteiger charge is -1.99. The highest BCUT2D eigenvalue weighted by molar-refractivity contribution is 5.76. The van der Waals surface area contributed by atoms with E-state index in [-0.39, 0.29) is 18.7 Å². The van der Waals surface area contributed by atoms with Crippen LogP contribution in [0.5, 0.6) is 0 Å². The molecule has 0 saturated heterocycles. The van der Waals surface area contributed by atoms with Crippen LogP contribution in [0.2, 0.25) is 0 Å². The summed E-state index contributed by atoms with van der Waals surface area (Å²) in [7, 11) is 0. The van der Waals surface area contributed by atoms with Gasteiger partial charge in [-0.1, -0.05) is 0 Å². The Hall–Kier alpha value is -1.73. The van der Waals surface area contributed by atoms with Crippen LogP contribution >= 0.6 is 0 Å². The Morgan fingerprint density at radius 3 is 2.08 bits per heavy atom. The molecule has 8 heteroatoms. The van der Waals surface area contributed by atoms with E-state index in [9.17, 15) is 20.2 Å². The summed E-state index contributed by atoms with van der Waals surface area (Å²) in [4.78, 5) is 18.0. The summed E-state index contributed by atoms with van der Waals surface area (Å²) in [5.74, 6) is -0.288. The smallest absolute Gasteiger partial charge is 0.388 e. The van der Waals surface area contributed by atoms with Crippen molar-refractivity contribution in [2.45, 2.75) is 19.0 Å². The predicted molar refractivity (Wildman–Crippen MR) is 38.9 cm³/mol. The third-order valence-corrected chi connectivity index (χ3v) is 1.16. The van der Waals surface area contributed by atoms with Gasteiger partial charge in [-0.2, -0.15) is 0 Å². The molecular weight excluding hydrogens is 168 g/mol. The normalized spacial score (nSPS) is 9.75. The van der Waals surface area contributed by atoms with E-state index in [0.29, 0.717) is 0 Å². The fourth-order valence-corrected chi connectivity index (χ4v) is 0.572. The van der Waals surface area contributed by atoms with Gasteiger partial charge in [-0.3, -0.25) is 25.6 Å². The van der Waals surface area contributed by atoms with Gasteiger partial charge >= 0.3 is 6.17 Å². The molecule has 0 aromatic rings. The molecule has 0 fully saturated rings. The van der Waals surface area contributed by atoms with E-state index in [2.05, 4.69) is 0 Å². The fraction of sp³-hybridized carbons (Fsp3) is 0.750. The van der Waals surface area contributed by atoms with Gasteiger partial charge in [0.1, 0.15) is 0 Å². The summed E-state index contributed by atoms with van der Waals surface area (Å²) < 4.78 is 0. The van der Waals surface area contributed by atoms with E-state index >= 15 is 0 Å². The first-order valence-electron chi connectivity index (χ1n) is 3.05. The van der Waals surface area contributed by atoms with Crippen LogP contribution in [-0.2, 0) is 0 Å². The van der Waals surface area contributed by atoms with Crippen molar-refractivity contribution >= 4 is 5.84 Å². The van der Waals surface area contributed by atoms with Gasteiger partial charge in [0.05, 0.1) is 22.1 Å². The molecule has 0 amide bonds. The van der Waals surface area contributed by atoms with Crippen molar-refractivity contribution in [1.29, 1.82) is 5.41 Å². The fourth-order valence-electron chi connectivity index (χ4n) is 0.572. The summed E-state index contributed by atoms with van der Waals surface area (Å²) in [5.41, 5.74) is 4.88. The van der Waals surface area contributed by atoms with Gasteiger partial charge in [0, 0.05) is 6.42 Å². The number of nitrogens with two attached hydrogens (primary N) is 1. The Bertz CT molecular complexity index is 201. The standard InChI is InChI=1S/C4H8N4O4/c5-3(6)1-2-4(7(9)10)8(11)12/h4H,1-2H2,(H3,5,6). The Morgan fingerprint density at radius 1 is 1.42 bits per heavy atom. The van der Waals surface area contributed by atoms with Gasteiger partial charge in [0.15, 0.2) is 0 Å². The Morgan fingerprint density at radius 2 is 1.83 bits per heavy atom. The van der Waals surface area contributed by atoms with Gasteiger partial charge in [-0.25, -0.2) is 0 Å².